The summed E-state index contributed by atoms with van der Waals surface area (Å²) in [5.41, 5.74) is -3.82. The number of rotatable bonds is 3. The van der Waals surface area contributed by atoms with Crippen molar-refractivity contribution in [2.75, 3.05) is 5.75 Å². The van der Waals surface area contributed by atoms with Gasteiger partial charge in [-0.15, -0.1) is 0 Å². The van der Waals surface area contributed by atoms with Crippen molar-refractivity contribution in [2.45, 2.75) is 11.9 Å². The molecule has 0 bridgehead atoms. The maximum absolute atomic E-state index is 11.9. The second-order valence-corrected chi connectivity index (χ2v) is 4.29. The van der Waals surface area contributed by atoms with Gasteiger partial charge in [0.05, 0.1) is 0 Å². The Labute approximate surface area is 82.4 Å². The number of hydrogen-bond donors (Lipinski definition) is 0. The fourth-order valence-electron chi connectivity index (χ4n) is 0.971. The molecule has 0 aromatic heterocycles. The summed E-state index contributed by atoms with van der Waals surface area (Å²) in [6.45, 7) is 0. The molecule has 1 unspecified atom stereocenters. The van der Waals surface area contributed by atoms with E-state index in [2.05, 4.69) is 0 Å². The van der Waals surface area contributed by atoms with E-state index in [1.807, 2.05) is 0 Å². The number of aryl methyl sites for hydroxylation is 1. The quantitative estimate of drug-likeness (QED) is 0.768. The third kappa shape index (κ3) is 3.49. The van der Waals surface area contributed by atoms with Gasteiger partial charge in [0.15, 0.2) is 0 Å². The van der Waals surface area contributed by atoms with Crippen LogP contribution in [0.1, 0.15) is 5.56 Å². The largest absolute Gasteiger partial charge is 0.471 e. The van der Waals surface area contributed by atoms with Crippen LogP contribution >= 0.6 is 0 Å². The molecule has 0 aliphatic carbocycles. The van der Waals surface area contributed by atoms with E-state index in [1.165, 1.54) is 0 Å². The summed E-state index contributed by atoms with van der Waals surface area (Å²) in [4.78, 5) is 0. The van der Waals surface area contributed by atoms with Crippen LogP contribution in [0.3, 0.4) is 0 Å². The molecule has 1 aromatic carbocycles. The number of halogens is 3. The highest BCUT2D eigenvalue weighted by Crippen LogP contribution is 2.20. The molecule has 0 aliphatic rings. The van der Waals surface area contributed by atoms with Gasteiger partial charge in [0.25, 0.3) is 0 Å². The molecule has 1 aromatic rings. The molecule has 0 N–H and O–H groups in total. The highest BCUT2D eigenvalue weighted by Gasteiger charge is 2.35. The van der Waals surface area contributed by atoms with Crippen LogP contribution in [0.4, 0.5) is 13.2 Å². The molecule has 0 amide bonds. The zero-order valence-corrected chi connectivity index (χ0v) is 8.07. The second-order valence-electron chi connectivity index (χ2n) is 2.73. The molecule has 0 spiro atoms. The van der Waals surface area contributed by atoms with Gasteiger partial charge in [-0.3, -0.25) is 4.21 Å². The van der Waals surface area contributed by atoms with E-state index in [0.29, 0.717) is 0 Å². The molecular weight excluding hydrogens is 213 g/mol. The average Bonchev–Trinajstić information content (AvgIpc) is 2.14. The van der Waals surface area contributed by atoms with Crippen LogP contribution in [0.15, 0.2) is 30.3 Å². The number of benzene rings is 1. The topological polar surface area (TPSA) is 17.1 Å². The molecule has 0 aliphatic heterocycles. The Morgan fingerprint density at radius 3 is 2.21 bits per heavy atom. The summed E-state index contributed by atoms with van der Waals surface area (Å²) in [6.07, 6.45) is 0.187. The third-order valence-electron chi connectivity index (χ3n) is 1.68. The SMILES string of the molecule is O=S(CCc1ccccc1)C(F)(F)F. The van der Waals surface area contributed by atoms with Crippen LogP contribution in [0.2, 0.25) is 0 Å². The zero-order chi connectivity index (χ0) is 10.6. The van der Waals surface area contributed by atoms with Gasteiger partial charge in [0.1, 0.15) is 10.8 Å². The van der Waals surface area contributed by atoms with E-state index >= 15 is 0 Å². The summed E-state index contributed by atoms with van der Waals surface area (Å²) in [6, 6.07) is 8.70. The van der Waals surface area contributed by atoms with E-state index in [-0.39, 0.29) is 12.2 Å². The maximum Gasteiger partial charge on any atom is 0.471 e. The van der Waals surface area contributed by atoms with Crippen molar-refractivity contribution in [3.05, 3.63) is 35.9 Å². The first-order valence-electron chi connectivity index (χ1n) is 3.99. The molecule has 0 saturated carbocycles. The molecule has 0 heterocycles. The molecule has 14 heavy (non-hydrogen) atoms. The first kappa shape index (κ1) is 11.2. The fraction of sp³-hybridized carbons (Fsp3) is 0.333. The highest BCUT2D eigenvalue weighted by molar-refractivity contribution is 7.85. The molecule has 0 fully saturated rings. The minimum atomic E-state index is -4.59. The Hall–Kier alpha value is -0.840. The van der Waals surface area contributed by atoms with Crippen molar-refractivity contribution < 1.29 is 17.4 Å². The van der Waals surface area contributed by atoms with Crippen molar-refractivity contribution in [2.24, 2.45) is 0 Å². The lowest BCUT2D eigenvalue weighted by atomic mass is 10.2. The highest BCUT2D eigenvalue weighted by atomic mass is 32.2. The fourth-order valence-corrected chi connectivity index (χ4v) is 1.62. The standard InChI is InChI=1S/C9H9F3OS/c10-9(11,12)14(13)7-6-8-4-2-1-3-5-8/h1-5H,6-7H2. The van der Waals surface area contributed by atoms with Crippen LogP contribution in [0.25, 0.3) is 0 Å². The predicted molar refractivity (Wildman–Crippen MR) is 49.2 cm³/mol. The minimum absolute atomic E-state index is 0.187. The lowest BCUT2D eigenvalue weighted by molar-refractivity contribution is -0.0384. The molecule has 1 rings (SSSR count). The van der Waals surface area contributed by atoms with Crippen LogP contribution in [0.5, 0.6) is 0 Å². The first-order valence-corrected chi connectivity index (χ1v) is 5.31. The third-order valence-corrected chi connectivity index (χ3v) is 2.77. The van der Waals surface area contributed by atoms with Crippen molar-refractivity contribution in [3.63, 3.8) is 0 Å². The van der Waals surface area contributed by atoms with Crippen molar-refractivity contribution >= 4 is 10.8 Å². The van der Waals surface area contributed by atoms with Crippen LogP contribution in [0, 0.1) is 0 Å². The van der Waals surface area contributed by atoms with Gasteiger partial charge in [0.2, 0.25) is 0 Å². The zero-order valence-electron chi connectivity index (χ0n) is 7.25. The van der Waals surface area contributed by atoms with E-state index in [0.717, 1.165) is 5.56 Å². The van der Waals surface area contributed by atoms with Gasteiger partial charge >= 0.3 is 5.51 Å². The molecule has 0 saturated heterocycles. The van der Waals surface area contributed by atoms with Crippen molar-refractivity contribution in [1.29, 1.82) is 0 Å². The summed E-state index contributed by atoms with van der Waals surface area (Å²) >= 11 is 0. The Balaban J connectivity index is 2.46. The van der Waals surface area contributed by atoms with Crippen LogP contribution in [-0.2, 0) is 17.2 Å². The van der Waals surface area contributed by atoms with Crippen molar-refractivity contribution in [1.82, 2.24) is 0 Å². The van der Waals surface area contributed by atoms with Gasteiger partial charge in [0, 0.05) is 5.75 Å². The van der Waals surface area contributed by atoms with Crippen LogP contribution in [-0.4, -0.2) is 15.5 Å². The Bertz CT molecular complexity index is 308. The summed E-state index contributed by atoms with van der Waals surface area (Å²) in [5.74, 6) is -0.368. The smallest absolute Gasteiger partial charge is 0.250 e. The Morgan fingerprint density at radius 2 is 1.71 bits per heavy atom. The Morgan fingerprint density at radius 1 is 1.14 bits per heavy atom. The summed E-state index contributed by atoms with van der Waals surface area (Å²) in [5, 5.41) is 0. The van der Waals surface area contributed by atoms with Gasteiger partial charge in [-0.05, 0) is 12.0 Å². The van der Waals surface area contributed by atoms with Gasteiger partial charge in [-0.2, -0.15) is 13.2 Å². The lowest BCUT2D eigenvalue weighted by Crippen LogP contribution is -2.20. The van der Waals surface area contributed by atoms with Gasteiger partial charge < -0.3 is 0 Å². The summed E-state index contributed by atoms with van der Waals surface area (Å²) in [7, 11) is -2.74. The van der Waals surface area contributed by atoms with Gasteiger partial charge in [-0.25, -0.2) is 0 Å². The molecular formula is C9H9F3OS. The first-order chi connectivity index (χ1) is 6.50. The maximum atomic E-state index is 11.9. The molecule has 5 heteroatoms. The molecule has 1 atom stereocenters. The molecule has 78 valence electrons. The second kappa shape index (κ2) is 4.59. The van der Waals surface area contributed by atoms with Crippen molar-refractivity contribution in [3.8, 4) is 0 Å². The monoisotopic (exact) mass is 222 g/mol. The molecule has 1 nitrogen and oxygen atoms in total. The average molecular weight is 222 g/mol. The lowest BCUT2D eigenvalue weighted by Gasteiger charge is -2.05. The van der Waals surface area contributed by atoms with Gasteiger partial charge in [-0.1, -0.05) is 30.3 Å². The van der Waals surface area contributed by atoms with E-state index in [4.69, 9.17) is 0 Å². The van der Waals surface area contributed by atoms with E-state index in [1.54, 1.807) is 30.3 Å². The molecule has 0 radical (unpaired) electrons. The number of hydrogen-bond acceptors (Lipinski definition) is 1. The normalized spacial score (nSPS) is 13.9. The Kier molecular flexibility index (Phi) is 3.69. The van der Waals surface area contributed by atoms with E-state index in [9.17, 15) is 17.4 Å². The minimum Gasteiger partial charge on any atom is -0.250 e. The number of alkyl halides is 3. The predicted octanol–water partition coefficient (Wildman–Crippen LogP) is 2.50. The van der Waals surface area contributed by atoms with Crippen LogP contribution < -0.4 is 0 Å². The van der Waals surface area contributed by atoms with E-state index < -0.39 is 16.3 Å². The summed E-state index contributed by atoms with van der Waals surface area (Å²) < 4.78 is 46.2.